The third-order valence-corrected chi connectivity index (χ3v) is 15.5. The topological polar surface area (TPSA) is 330 Å². The summed E-state index contributed by atoms with van der Waals surface area (Å²) in [5, 5.41) is 30.9. The number of H-pyrrole nitrogens is 1. The number of aromatic nitrogens is 1. The van der Waals surface area contributed by atoms with Crippen molar-refractivity contribution in [3.8, 4) is 0 Å². The van der Waals surface area contributed by atoms with Crippen LogP contribution in [-0.2, 0) is 58.9 Å². The van der Waals surface area contributed by atoms with Crippen LogP contribution < -0.4 is 43.0 Å². The fourth-order valence-electron chi connectivity index (χ4n) is 10.7. The molecule has 1 saturated carbocycles. The van der Waals surface area contributed by atoms with E-state index in [-0.39, 0.29) is 37.3 Å². The van der Waals surface area contributed by atoms with Gasteiger partial charge in [-0.3, -0.25) is 38.9 Å². The van der Waals surface area contributed by atoms with E-state index in [1.165, 1.54) is 29.2 Å². The van der Waals surface area contributed by atoms with Crippen LogP contribution in [0.2, 0.25) is 0 Å². The number of aromatic amines is 1. The normalized spacial score (nSPS) is 25.4. The van der Waals surface area contributed by atoms with Gasteiger partial charge in [0.05, 0.1) is 37.8 Å². The highest BCUT2D eigenvalue weighted by molar-refractivity contribution is 7.98. The van der Waals surface area contributed by atoms with Crippen LogP contribution in [-0.4, -0.2) is 180 Å². The van der Waals surface area contributed by atoms with E-state index < -0.39 is 127 Å². The molecule has 0 radical (unpaired) electrons. The molecule has 4 heterocycles. The number of thioether (sulfide) groups is 1. The predicted octanol–water partition coefficient (Wildman–Crippen LogP) is 0.772. The molecular weight excluding hydrogens is 1020 g/mol. The number of carbonyl (C=O) groups is 8. The predicted molar refractivity (Wildman–Crippen MR) is 287 cm³/mol. The van der Waals surface area contributed by atoms with Crippen molar-refractivity contribution in [2.24, 2.45) is 17.6 Å². The molecule has 24 heteroatoms. The third kappa shape index (κ3) is 16.2. The fourth-order valence-corrected chi connectivity index (χ4v) is 11.2. The van der Waals surface area contributed by atoms with Crippen LogP contribution in [0.4, 0.5) is 4.79 Å². The van der Waals surface area contributed by atoms with Gasteiger partial charge in [-0.05, 0) is 102 Å². The van der Waals surface area contributed by atoms with E-state index in [0.717, 1.165) is 17.3 Å². The Bertz CT molecular complexity index is 2470. The Morgan fingerprint density at radius 3 is 2.36 bits per heavy atom. The van der Waals surface area contributed by atoms with Crippen molar-refractivity contribution in [2.45, 2.75) is 159 Å². The number of methoxy groups -OCH3 is 1. The van der Waals surface area contributed by atoms with Gasteiger partial charge in [0.15, 0.2) is 0 Å². The number of amides is 8. The Morgan fingerprint density at radius 1 is 0.961 bits per heavy atom. The first-order valence-electron chi connectivity index (χ1n) is 26.5. The summed E-state index contributed by atoms with van der Waals surface area (Å²) < 4.78 is 24.2. The monoisotopic (exact) mass is 1100 g/mol. The summed E-state index contributed by atoms with van der Waals surface area (Å²) in [6, 6.07) is 2.16. The summed E-state index contributed by atoms with van der Waals surface area (Å²) in [6.45, 7) is 10.9. The maximum atomic E-state index is 14.0. The summed E-state index contributed by atoms with van der Waals surface area (Å²) in [5.74, 6) is -4.21. The standard InChI is InChI=1S/C53H80N10O13S/c1-29(2)15-16-40-52(6,76-40)45-44(73-7)39(17-19-53(45)28-74-53)75-51(72)58-27-43(66)63-20-11-14-38(63)50(71)62-36(22-30(3)4)47(68)57-26-42(65)60-35(18-21-77-8)48(69)61-37(23-32-24-55-34-13-10-9-12-33(32)34)49(70)59-31(5)46(67)56-25-41(54)64/h9-10,12-13,15,24,30-31,35-40,44-45,47,55,57,68H,11,14,16-23,25-28H2,1-8H3,(H2,54,64)(H,56,67)(H,58,72)(H,59,70)(H,60,65)(H,61,69)(H,62,71)/t31-,35-,36-,37-,38?,39+,40+,44+,45+,47-,52-,53-/m0/s1. The first kappa shape index (κ1) is 60.4. The number of nitrogens with two attached hydrogens (primary N) is 1. The number of ether oxygens (including phenoxy) is 4. The van der Waals surface area contributed by atoms with E-state index in [0.29, 0.717) is 50.0 Å². The molecule has 1 aromatic carbocycles. The molecule has 0 bridgehead atoms. The Morgan fingerprint density at radius 2 is 1.69 bits per heavy atom. The number of benzene rings is 1. The maximum absolute atomic E-state index is 14.0. The number of hydrogen-bond donors (Lipinski definition) is 10. The number of aliphatic hydroxyl groups is 1. The summed E-state index contributed by atoms with van der Waals surface area (Å²) in [7, 11) is 1.58. The first-order chi connectivity index (χ1) is 36.6. The summed E-state index contributed by atoms with van der Waals surface area (Å²) >= 11 is 1.44. The van der Waals surface area contributed by atoms with Gasteiger partial charge in [0, 0.05) is 37.2 Å². The Hall–Kier alpha value is -5.79. The molecule has 4 fully saturated rings. The van der Waals surface area contributed by atoms with E-state index in [1.807, 2.05) is 58.2 Å². The number of carbonyl (C=O) groups excluding carboxylic acids is 8. The van der Waals surface area contributed by atoms with Crippen molar-refractivity contribution >= 4 is 70.1 Å². The van der Waals surface area contributed by atoms with Gasteiger partial charge in [0.2, 0.25) is 41.4 Å². The number of rotatable bonds is 28. The van der Waals surface area contributed by atoms with Crippen LogP contribution >= 0.6 is 11.8 Å². The summed E-state index contributed by atoms with van der Waals surface area (Å²) in [4.78, 5) is 111. The van der Waals surface area contributed by atoms with E-state index in [1.54, 1.807) is 13.3 Å². The molecule has 3 aliphatic heterocycles. The van der Waals surface area contributed by atoms with E-state index >= 15 is 0 Å². The zero-order valence-electron chi connectivity index (χ0n) is 45.5. The Kier molecular flexibility index (Phi) is 21.3. The third-order valence-electron chi connectivity index (χ3n) is 14.8. The Balaban J connectivity index is 1.02. The highest BCUT2D eigenvalue weighted by atomic mass is 32.2. The minimum Gasteiger partial charge on any atom is -0.443 e. The molecule has 1 aromatic heterocycles. The molecule has 1 aliphatic carbocycles. The number of primary amides is 1. The van der Waals surface area contributed by atoms with Gasteiger partial charge in [-0.15, -0.1) is 0 Å². The number of para-hydroxylation sites is 1. The highest BCUT2D eigenvalue weighted by Gasteiger charge is 2.72. The number of aliphatic hydroxyl groups excluding tert-OH is 1. The minimum atomic E-state index is -1.44. The van der Waals surface area contributed by atoms with Crippen molar-refractivity contribution in [3.63, 3.8) is 0 Å². The van der Waals surface area contributed by atoms with Gasteiger partial charge in [0.1, 0.15) is 60.4 Å². The molecule has 4 aliphatic rings. The second kappa shape index (κ2) is 27.2. The van der Waals surface area contributed by atoms with E-state index in [9.17, 15) is 43.5 Å². The lowest BCUT2D eigenvalue weighted by molar-refractivity contribution is -0.138. The van der Waals surface area contributed by atoms with Gasteiger partial charge < -0.3 is 71.6 Å². The van der Waals surface area contributed by atoms with Gasteiger partial charge >= 0.3 is 6.09 Å². The Labute approximate surface area is 454 Å². The molecule has 8 amide bonds. The number of nitrogens with zero attached hydrogens (tertiary/aromatic N) is 1. The summed E-state index contributed by atoms with van der Waals surface area (Å²) in [5.41, 5.74) is 6.93. The van der Waals surface area contributed by atoms with Crippen LogP contribution in [0, 0.1) is 11.8 Å². The molecule has 11 N–H and O–H groups in total. The number of alkyl carbamates (subject to hydrolysis) is 1. The van der Waals surface area contributed by atoms with Gasteiger partial charge in [-0.25, -0.2) is 4.79 Å². The smallest absolute Gasteiger partial charge is 0.407 e. The quantitative estimate of drug-likeness (QED) is 0.0320. The highest BCUT2D eigenvalue weighted by Crippen LogP contribution is 2.59. The van der Waals surface area contributed by atoms with Crippen molar-refractivity contribution < 1.29 is 62.4 Å². The van der Waals surface area contributed by atoms with Crippen molar-refractivity contribution in [2.75, 3.05) is 51.9 Å². The second-order valence-electron chi connectivity index (χ2n) is 21.4. The number of nitrogens with one attached hydrogen (secondary N) is 8. The zero-order valence-corrected chi connectivity index (χ0v) is 46.3. The number of likely N-dealkylation sites (tertiary alicyclic amines) is 1. The second-order valence-corrected chi connectivity index (χ2v) is 22.4. The van der Waals surface area contributed by atoms with Crippen LogP contribution in [0.3, 0.4) is 0 Å². The van der Waals surface area contributed by atoms with Gasteiger partial charge in [-0.1, -0.05) is 43.7 Å². The zero-order chi connectivity index (χ0) is 56.2. The molecule has 2 aromatic rings. The minimum absolute atomic E-state index is 0.0115. The van der Waals surface area contributed by atoms with Crippen LogP contribution in [0.5, 0.6) is 0 Å². The molecule has 1 unspecified atom stereocenters. The van der Waals surface area contributed by atoms with Crippen LogP contribution in [0.25, 0.3) is 10.9 Å². The van der Waals surface area contributed by atoms with Crippen molar-refractivity contribution in [1.82, 2.24) is 47.1 Å². The number of fused-ring (bicyclic) bond motifs is 1. The van der Waals surface area contributed by atoms with Crippen molar-refractivity contribution in [3.05, 3.63) is 47.7 Å². The number of hydrogen-bond acceptors (Lipinski definition) is 15. The van der Waals surface area contributed by atoms with E-state index in [4.69, 9.17) is 24.7 Å². The average Bonchev–Trinajstić information content (AvgIpc) is 4.22. The molecule has 12 atom stereocenters. The van der Waals surface area contributed by atoms with Crippen molar-refractivity contribution in [1.29, 1.82) is 0 Å². The van der Waals surface area contributed by atoms with Crippen LogP contribution in [0.1, 0.15) is 92.1 Å². The van der Waals surface area contributed by atoms with Crippen LogP contribution in [0.15, 0.2) is 42.1 Å². The maximum Gasteiger partial charge on any atom is 0.407 e. The molecule has 3 saturated heterocycles. The SMILES string of the molecule is CO[C@@H]1[C@H](OC(=O)NCC(=O)N2CCCC2C(=O)N[C@@H](CC(C)C)[C@H](O)NCC(=O)N[C@@H](CCSC)C(=O)N[C@@H](Cc2c[nH]c3ccccc23)C(=O)N[C@@H](C)C(=O)NCC(N)=O)CC[C@]2(CO2)[C@H]1[C@@]1(C)O[C@@H]1CC=C(C)C. The molecule has 426 valence electrons. The van der Waals surface area contributed by atoms with Gasteiger partial charge in [-0.2, -0.15) is 11.8 Å². The molecule has 6 rings (SSSR count). The fraction of sp³-hybridized carbons (Fsp3) is 0.660. The van der Waals surface area contributed by atoms with E-state index in [2.05, 4.69) is 55.2 Å². The largest absolute Gasteiger partial charge is 0.443 e. The average molecular weight is 1100 g/mol. The summed E-state index contributed by atoms with van der Waals surface area (Å²) in [6.07, 6.45) is 5.57. The number of allylic oxidation sites excluding steroid dienone is 1. The first-order valence-corrected chi connectivity index (χ1v) is 27.9. The molecule has 23 nitrogen and oxygen atoms in total. The lowest BCUT2D eigenvalue weighted by atomic mass is 9.68. The lowest BCUT2D eigenvalue weighted by Crippen LogP contribution is -2.58. The van der Waals surface area contributed by atoms with Gasteiger partial charge in [0.25, 0.3) is 0 Å². The molecular formula is C53H80N10O13S. The molecule has 1 spiro atoms. The molecule has 77 heavy (non-hydrogen) atoms. The number of epoxide rings is 2. The lowest BCUT2D eigenvalue weighted by Gasteiger charge is -2.42.